The van der Waals surface area contributed by atoms with Crippen LogP contribution in [0, 0.1) is 6.92 Å². The minimum absolute atomic E-state index is 0.430. The van der Waals surface area contributed by atoms with E-state index in [0.29, 0.717) is 24.1 Å². The number of fused-ring (bicyclic) bond motifs is 1. The van der Waals surface area contributed by atoms with Crippen molar-refractivity contribution >= 4 is 45.0 Å². The van der Waals surface area contributed by atoms with Crippen molar-refractivity contribution in [3.8, 4) is 0 Å². The molecule has 0 saturated heterocycles. The zero-order valence-corrected chi connectivity index (χ0v) is 16.4. The summed E-state index contributed by atoms with van der Waals surface area (Å²) in [7, 11) is 0. The van der Waals surface area contributed by atoms with Gasteiger partial charge in [0.1, 0.15) is 5.76 Å². The molecule has 0 aliphatic rings. The van der Waals surface area contributed by atoms with Crippen LogP contribution in [0.4, 0.5) is 11.8 Å². The van der Waals surface area contributed by atoms with Gasteiger partial charge in [-0.15, -0.1) is 11.3 Å². The Morgan fingerprint density at radius 1 is 1.15 bits per heavy atom. The molecule has 2 N–H and O–H groups in total. The van der Waals surface area contributed by atoms with Gasteiger partial charge in [0.2, 0.25) is 0 Å². The minimum atomic E-state index is 0.430. The SMILES string of the molecule is Cc1oc(N(CCc2ccc(Cl)cc2)Cc2ccc3ncsc3c2)nc1N. The van der Waals surface area contributed by atoms with E-state index in [1.165, 1.54) is 15.8 Å². The Morgan fingerprint density at radius 2 is 1.93 bits per heavy atom. The summed E-state index contributed by atoms with van der Waals surface area (Å²) in [5, 5.41) is 0.740. The fourth-order valence-electron chi connectivity index (χ4n) is 2.90. The van der Waals surface area contributed by atoms with Crippen LogP contribution in [0.2, 0.25) is 5.02 Å². The van der Waals surface area contributed by atoms with E-state index >= 15 is 0 Å². The first kappa shape index (κ1) is 17.8. The summed E-state index contributed by atoms with van der Waals surface area (Å²) in [5.74, 6) is 1.07. The first-order chi connectivity index (χ1) is 13.1. The van der Waals surface area contributed by atoms with E-state index in [2.05, 4.69) is 27.0 Å². The highest BCUT2D eigenvalue weighted by atomic mass is 35.5. The van der Waals surface area contributed by atoms with Crippen LogP contribution in [-0.2, 0) is 13.0 Å². The van der Waals surface area contributed by atoms with Gasteiger partial charge in [-0.1, -0.05) is 29.8 Å². The molecule has 4 aromatic rings. The predicted molar refractivity (Wildman–Crippen MR) is 111 cm³/mol. The van der Waals surface area contributed by atoms with Gasteiger partial charge in [-0.05, 0) is 48.7 Å². The second-order valence-electron chi connectivity index (χ2n) is 6.39. The van der Waals surface area contributed by atoms with Crippen molar-refractivity contribution in [1.82, 2.24) is 9.97 Å². The topological polar surface area (TPSA) is 68.2 Å². The number of anilines is 2. The number of nitrogen functional groups attached to an aromatic ring is 1. The zero-order valence-electron chi connectivity index (χ0n) is 14.9. The Hall–Kier alpha value is -2.57. The maximum Gasteiger partial charge on any atom is 0.299 e. The highest BCUT2D eigenvalue weighted by molar-refractivity contribution is 7.16. The van der Waals surface area contributed by atoms with Crippen LogP contribution >= 0.6 is 22.9 Å². The lowest BCUT2D eigenvalue weighted by atomic mass is 10.1. The minimum Gasteiger partial charge on any atom is -0.427 e. The van der Waals surface area contributed by atoms with Gasteiger partial charge in [-0.25, -0.2) is 4.98 Å². The number of oxazole rings is 1. The Balaban J connectivity index is 1.57. The summed E-state index contributed by atoms with van der Waals surface area (Å²) < 4.78 is 6.96. The van der Waals surface area contributed by atoms with Crippen molar-refractivity contribution in [3.63, 3.8) is 0 Å². The van der Waals surface area contributed by atoms with Crippen molar-refractivity contribution in [2.75, 3.05) is 17.2 Å². The molecular weight excluding hydrogens is 380 g/mol. The van der Waals surface area contributed by atoms with E-state index in [9.17, 15) is 0 Å². The third kappa shape index (κ3) is 4.07. The molecule has 5 nitrogen and oxygen atoms in total. The quantitative estimate of drug-likeness (QED) is 0.490. The lowest BCUT2D eigenvalue weighted by Crippen LogP contribution is -2.25. The van der Waals surface area contributed by atoms with Gasteiger partial charge in [0.15, 0.2) is 5.82 Å². The third-order valence-corrected chi connectivity index (χ3v) is 5.49. The molecule has 0 spiro atoms. The number of nitrogens with zero attached hydrogens (tertiary/aromatic N) is 3. The van der Waals surface area contributed by atoms with E-state index in [1.54, 1.807) is 11.3 Å². The number of hydrogen-bond acceptors (Lipinski definition) is 6. The van der Waals surface area contributed by atoms with Crippen LogP contribution in [0.25, 0.3) is 10.2 Å². The molecule has 0 unspecified atom stereocenters. The highest BCUT2D eigenvalue weighted by Crippen LogP contribution is 2.25. The zero-order chi connectivity index (χ0) is 18.8. The number of hydrogen-bond donors (Lipinski definition) is 1. The van der Waals surface area contributed by atoms with Gasteiger partial charge in [0.25, 0.3) is 6.01 Å². The van der Waals surface area contributed by atoms with Crippen LogP contribution < -0.4 is 10.6 Å². The van der Waals surface area contributed by atoms with Crippen LogP contribution in [-0.4, -0.2) is 16.5 Å². The summed E-state index contributed by atoms with van der Waals surface area (Å²) in [6.45, 7) is 3.26. The fourth-order valence-corrected chi connectivity index (χ4v) is 3.77. The number of benzene rings is 2. The molecular formula is C20H19ClN4OS. The number of aryl methyl sites for hydroxylation is 1. The largest absolute Gasteiger partial charge is 0.427 e. The van der Waals surface area contributed by atoms with Crippen molar-refractivity contribution in [2.24, 2.45) is 0 Å². The molecule has 4 rings (SSSR count). The molecule has 0 aliphatic heterocycles. The van der Waals surface area contributed by atoms with Gasteiger partial charge in [-0.3, -0.25) is 0 Å². The molecule has 2 heterocycles. The van der Waals surface area contributed by atoms with Gasteiger partial charge in [0.05, 0.1) is 15.7 Å². The normalized spacial score (nSPS) is 11.2. The first-order valence-corrected chi connectivity index (χ1v) is 9.88. The average molecular weight is 399 g/mol. The maximum absolute atomic E-state index is 5.98. The number of thiazole rings is 1. The molecule has 0 fully saturated rings. The summed E-state index contributed by atoms with van der Waals surface area (Å²) in [5.41, 5.74) is 11.2. The van der Waals surface area contributed by atoms with Crippen molar-refractivity contribution in [2.45, 2.75) is 19.9 Å². The summed E-state index contributed by atoms with van der Waals surface area (Å²) in [4.78, 5) is 10.8. The molecule has 0 saturated carbocycles. The molecule has 0 aliphatic carbocycles. The molecule has 0 atom stereocenters. The third-order valence-electron chi connectivity index (χ3n) is 4.44. The van der Waals surface area contributed by atoms with Gasteiger partial charge < -0.3 is 15.1 Å². The number of halogens is 1. The molecule has 138 valence electrons. The van der Waals surface area contributed by atoms with E-state index < -0.39 is 0 Å². The Labute approximate surface area is 166 Å². The molecule has 2 aromatic carbocycles. The van der Waals surface area contributed by atoms with E-state index in [0.717, 1.165) is 23.5 Å². The van der Waals surface area contributed by atoms with E-state index in [4.69, 9.17) is 21.8 Å². The standard InChI is InChI=1S/C20H19ClN4OS/c1-13-19(22)24-20(26-13)25(9-8-14-2-5-16(21)6-3-14)11-15-4-7-17-18(10-15)27-12-23-17/h2-7,10,12H,8-9,11,22H2,1H3. The summed E-state index contributed by atoms with van der Waals surface area (Å²) >= 11 is 7.62. The Morgan fingerprint density at radius 3 is 2.67 bits per heavy atom. The molecule has 7 heteroatoms. The number of rotatable bonds is 6. The molecule has 27 heavy (non-hydrogen) atoms. The lowest BCUT2D eigenvalue weighted by molar-refractivity contribution is 0.507. The van der Waals surface area contributed by atoms with Crippen LogP contribution in [0.3, 0.4) is 0 Å². The van der Waals surface area contributed by atoms with Crippen LogP contribution in [0.5, 0.6) is 0 Å². The van der Waals surface area contributed by atoms with E-state index in [1.807, 2.05) is 42.8 Å². The molecule has 2 aromatic heterocycles. The highest BCUT2D eigenvalue weighted by Gasteiger charge is 2.16. The first-order valence-electron chi connectivity index (χ1n) is 8.63. The lowest BCUT2D eigenvalue weighted by Gasteiger charge is -2.21. The van der Waals surface area contributed by atoms with Crippen LogP contribution in [0.15, 0.2) is 52.4 Å². The predicted octanol–water partition coefficient (Wildman–Crippen LogP) is 5.08. The molecule has 0 amide bonds. The number of nitrogens with two attached hydrogens (primary N) is 1. The smallest absolute Gasteiger partial charge is 0.299 e. The average Bonchev–Trinajstić information content (AvgIpc) is 3.26. The van der Waals surface area contributed by atoms with E-state index in [-0.39, 0.29) is 0 Å². The Kier molecular flexibility index (Phi) is 5.01. The fraction of sp³-hybridized carbons (Fsp3) is 0.200. The van der Waals surface area contributed by atoms with Gasteiger partial charge in [-0.2, -0.15) is 4.98 Å². The molecule has 0 bridgehead atoms. The second-order valence-corrected chi connectivity index (χ2v) is 7.71. The number of aromatic nitrogens is 2. The summed E-state index contributed by atoms with van der Waals surface area (Å²) in [6, 6.07) is 14.8. The maximum atomic E-state index is 5.98. The second kappa shape index (κ2) is 7.58. The van der Waals surface area contributed by atoms with Gasteiger partial charge >= 0.3 is 0 Å². The van der Waals surface area contributed by atoms with Gasteiger partial charge in [0, 0.05) is 18.1 Å². The summed E-state index contributed by atoms with van der Waals surface area (Å²) in [6.07, 6.45) is 0.849. The van der Waals surface area contributed by atoms with Crippen LogP contribution in [0.1, 0.15) is 16.9 Å². The monoisotopic (exact) mass is 398 g/mol. The van der Waals surface area contributed by atoms with Crippen molar-refractivity contribution in [3.05, 3.63) is 69.9 Å². The van der Waals surface area contributed by atoms with Crippen molar-refractivity contribution < 1.29 is 4.42 Å². The molecule has 0 radical (unpaired) electrons. The van der Waals surface area contributed by atoms with Crippen molar-refractivity contribution in [1.29, 1.82) is 0 Å². The Bertz CT molecular complexity index is 1040.